The summed E-state index contributed by atoms with van der Waals surface area (Å²) in [6.07, 6.45) is 1.51. The fraction of sp³-hybridized carbons (Fsp3) is 0.388. The molecule has 5 nitrogen and oxygen atoms in total. The second-order valence-electron chi connectivity index (χ2n) is 15.0. The van der Waals surface area contributed by atoms with Gasteiger partial charge in [0.2, 0.25) is 0 Å². The summed E-state index contributed by atoms with van der Waals surface area (Å²) in [5, 5.41) is 3.49. The van der Waals surface area contributed by atoms with Gasteiger partial charge in [-0.3, -0.25) is 0 Å². The van der Waals surface area contributed by atoms with E-state index in [0.29, 0.717) is 65.2 Å². The Kier molecular flexibility index (Phi) is 15.2. The molecule has 6 rings (SSSR count). The zero-order chi connectivity index (χ0) is 41.1. The van der Waals surface area contributed by atoms with Gasteiger partial charge in [-0.1, -0.05) is 104 Å². The van der Waals surface area contributed by atoms with Gasteiger partial charge in [0.1, 0.15) is 23.0 Å². The maximum atomic E-state index is 13.2. The Morgan fingerprint density at radius 2 is 0.828 bits per heavy atom. The van der Waals surface area contributed by atoms with E-state index in [9.17, 15) is 13.2 Å². The summed E-state index contributed by atoms with van der Waals surface area (Å²) < 4.78 is 67.3. The van der Waals surface area contributed by atoms with Crippen LogP contribution in [0.15, 0.2) is 89.4 Å². The Morgan fingerprint density at radius 1 is 0.483 bits per heavy atom. The van der Waals surface area contributed by atoms with Crippen LogP contribution in [0.2, 0.25) is 0 Å². The first-order chi connectivity index (χ1) is 28.1. The quantitative estimate of drug-likeness (QED) is 0.105. The summed E-state index contributed by atoms with van der Waals surface area (Å²) in [6, 6.07) is 26.9. The number of hydrogen-bond acceptors (Lipinski definition) is 5. The van der Waals surface area contributed by atoms with Crippen molar-refractivity contribution in [1.29, 1.82) is 0 Å². The van der Waals surface area contributed by atoms with Crippen molar-refractivity contribution in [3.8, 4) is 23.0 Å². The molecule has 0 amide bonds. The Balaban J connectivity index is 1.52. The van der Waals surface area contributed by atoms with Crippen molar-refractivity contribution in [3.05, 3.63) is 151 Å². The highest BCUT2D eigenvalue weighted by atomic mass is 79.9. The van der Waals surface area contributed by atoms with Crippen LogP contribution in [0.3, 0.4) is 0 Å². The first-order valence-electron chi connectivity index (χ1n) is 20.7. The van der Waals surface area contributed by atoms with E-state index in [1.165, 1.54) is 12.1 Å². The number of halogens is 4. The highest BCUT2D eigenvalue weighted by Crippen LogP contribution is 2.41. The summed E-state index contributed by atoms with van der Waals surface area (Å²) >= 11 is 3.86. The van der Waals surface area contributed by atoms with Crippen molar-refractivity contribution < 1.29 is 32.1 Å². The molecule has 1 N–H and O–H groups in total. The number of rotatable bonds is 16. The highest BCUT2D eigenvalue weighted by Gasteiger charge is 2.30. The predicted molar refractivity (Wildman–Crippen MR) is 230 cm³/mol. The van der Waals surface area contributed by atoms with Crippen LogP contribution in [0.5, 0.6) is 23.0 Å². The minimum atomic E-state index is -4.37. The monoisotopic (exact) mass is 857 g/mol. The number of fused-ring (bicyclic) bond motifs is 8. The molecule has 0 saturated carbocycles. The number of hydrogen-bond donors (Lipinski definition) is 1. The number of nitrogens with one attached hydrogen (secondary N) is 1. The lowest BCUT2D eigenvalue weighted by Crippen LogP contribution is -2.15. The fourth-order valence-corrected chi connectivity index (χ4v) is 8.09. The first-order valence-corrected chi connectivity index (χ1v) is 21.5. The maximum Gasteiger partial charge on any atom is 0.416 e. The third-order valence-electron chi connectivity index (χ3n) is 10.1. The molecule has 9 heteroatoms. The van der Waals surface area contributed by atoms with E-state index in [1.54, 1.807) is 0 Å². The lowest BCUT2D eigenvalue weighted by Gasteiger charge is -2.23. The molecule has 8 bridgehead atoms. The van der Waals surface area contributed by atoms with Gasteiger partial charge in [-0.25, -0.2) is 0 Å². The molecule has 0 radical (unpaired) electrons. The van der Waals surface area contributed by atoms with Crippen molar-refractivity contribution in [1.82, 2.24) is 5.32 Å². The molecule has 0 spiro atoms. The Hall–Kier alpha value is -4.47. The van der Waals surface area contributed by atoms with E-state index in [1.807, 2.05) is 0 Å². The average molecular weight is 859 g/mol. The zero-order valence-electron chi connectivity index (χ0n) is 34.1. The Labute approximate surface area is 350 Å². The molecular formula is C49H55BrF3NO4. The van der Waals surface area contributed by atoms with Crippen LogP contribution < -0.4 is 24.3 Å². The molecule has 0 unspecified atom stereocenters. The van der Waals surface area contributed by atoms with Crippen molar-refractivity contribution in [2.24, 2.45) is 0 Å². The third kappa shape index (κ3) is 11.0. The number of ether oxygens (including phenoxy) is 4. The van der Waals surface area contributed by atoms with E-state index >= 15 is 0 Å². The zero-order valence-corrected chi connectivity index (χ0v) is 35.7. The smallest absolute Gasteiger partial charge is 0.416 e. The minimum absolute atomic E-state index is 0.419. The summed E-state index contributed by atoms with van der Waals surface area (Å²) in [7, 11) is 0. The molecular weight excluding hydrogens is 803 g/mol. The normalized spacial score (nSPS) is 12.6. The van der Waals surface area contributed by atoms with Crippen LogP contribution in [-0.4, -0.2) is 26.4 Å². The molecule has 0 heterocycles. The molecule has 1 aliphatic carbocycles. The molecule has 1 aliphatic rings. The van der Waals surface area contributed by atoms with E-state index in [2.05, 4.69) is 110 Å². The summed E-state index contributed by atoms with van der Waals surface area (Å²) in [6.45, 7) is 11.7. The van der Waals surface area contributed by atoms with Gasteiger partial charge in [-0.05, 0) is 94.5 Å². The van der Waals surface area contributed by atoms with Crippen LogP contribution in [0.25, 0.3) is 0 Å². The molecule has 5 aromatic carbocycles. The standard InChI is InChI=1S/C49H55BrF3NO4/c1-5-19-55-45-35-11-9-13-37(45)26-39-23-34(32-54-31-33-15-17-43(18-16-33)49(51,52)53)24-40(47(39)57-21-7-3)28-42-30-44(50)29-41(48(42)58-22-8-4)27-38-14-10-12-36(25-35)46(38)56-20-6-2/h9-18,23-24,29-30,54H,5-8,19-22,25-28,31-32H2,1-4H3. The van der Waals surface area contributed by atoms with Gasteiger partial charge >= 0.3 is 6.18 Å². The van der Waals surface area contributed by atoms with Gasteiger partial charge in [0.05, 0.1) is 32.0 Å². The van der Waals surface area contributed by atoms with Gasteiger partial charge in [0, 0.05) is 54.4 Å². The Morgan fingerprint density at radius 3 is 1.22 bits per heavy atom. The van der Waals surface area contributed by atoms with Gasteiger partial charge in [-0.2, -0.15) is 13.2 Å². The van der Waals surface area contributed by atoms with Crippen molar-refractivity contribution in [2.45, 2.75) is 98.3 Å². The van der Waals surface area contributed by atoms with E-state index < -0.39 is 11.7 Å². The molecule has 5 aromatic rings. The van der Waals surface area contributed by atoms with Crippen LogP contribution in [0.4, 0.5) is 13.2 Å². The fourth-order valence-electron chi connectivity index (χ4n) is 7.54. The predicted octanol–water partition coefficient (Wildman–Crippen LogP) is 12.6. The SMILES string of the molecule is CCCOc1c2cccc1Cc1cc(Br)cc(c1OCCC)Cc1cc(CNCc3ccc(C(F)(F)F)cc3)cc(c1OCCC)Cc1cccc(c1OCCC)C2. The van der Waals surface area contributed by atoms with E-state index in [0.717, 1.165) is 121 Å². The largest absolute Gasteiger partial charge is 0.493 e. The number of para-hydroxylation sites is 2. The third-order valence-corrected chi connectivity index (χ3v) is 10.6. The molecule has 0 aromatic heterocycles. The first kappa shape index (κ1) is 43.1. The average Bonchev–Trinajstić information content (AvgIpc) is 3.19. The van der Waals surface area contributed by atoms with Crippen molar-refractivity contribution >= 4 is 15.9 Å². The molecule has 0 saturated heterocycles. The van der Waals surface area contributed by atoms with Crippen LogP contribution in [0.1, 0.15) is 115 Å². The van der Waals surface area contributed by atoms with E-state index in [-0.39, 0.29) is 0 Å². The van der Waals surface area contributed by atoms with Gasteiger partial charge < -0.3 is 24.3 Å². The molecule has 0 fully saturated rings. The molecule has 308 valence electrons. The van der Waals surface area contributed by atoms with Crippen LogP contribution in [-0.2, 0) is 44.9 Å². The molecule has 0 atom stereocenters. The summed E-state index contributed by atoms with van der Waals surface area (Å²) in [5.74, 6) is 3.54. The summed E-state index contributed by atoms with van der Waals surface area (Å²) in [4.78, 5) is 0. The number of benzene rings is 5. The van der Waals surface area contributed by atoms with Gasteiger partial charge in [-0.15, -0.1) is 0 Å². The maximum absolute atomic E-state index is 13.2. The number of alkyl halides is 3. The molecule has 0 aliphatic heterocycles. The Bertz CT molecular complexity index is 2130. The van der Waals surface area contributed by atoms with Crippen molar-refractivity contribution in [3.63, 3.8) is 0 Å². The van der Waals surface area contributed by atoms with Crippen LogP contribution >= 0.6 is 15.9 Å². The van der Waals surface area contributed by atoms with Crippen molar-refractivity contribution in [2.75, 3.05) is 26.4 Å². The van der Waals surface area contributed by atoms with Crippen LogP contribution in [0, 0.1) is 0 Å². The lowest BCUT2D eigenvalue weighted by molar-refractivity contribution is -0.137. The minimum Gasteiger partial charge on any atom is -0.493 e. The van der Waals surface area contributed by atoms with E-state index in [4.69, 9.17) is 18.9 Å². The summed E-state index contributed by atoms with van der Waals surface area (Å²) in [5.41, 5.74) is 9.76. The topological polar surface area (TPSA) is 49.0 Å². The second-order valence-corrected chi connectivity index (χ2v) is 15.9. The van der Waals surface area contributed by atoms with Gasteiger partial charge in [0.15, 0.2) is 0 Å². The lowest BCUT2D eigenvalue weighted by atomic mass is 9.90. The highest BCUT2D eigenvalue weighted by molar-refractivity contribution is 9.10. The molecule has 58 heavy (non-hydrogen) atoms. The second kappa shape index (κ2) is 20.5. The van der Waals surface area contributed by atoms with Gasteiger partial charge in [0.25, 0.3) is 0 Å².